The maximum absolute atomic E-state index is 11.2. The lowest BCUT2D eigenvalue weighted by molar-refractivity contribution is -0.385. The van der Waals surface area contributed by atoms with Crippen LogP contribution in [0.25, 0.3) is 0 Å². The highest BCUT2D eigenvalue weighted by Crippen LogP contribution is 2.25. The molecule has 0 aliphatic carbocycles. The Balaban J connectivity index is 0.00000264. The monoisotopic (exact) mass is 342 g/mol. The number of halogens is 1. The molecule has 0 spiro atoms. The molecule has 0 bridgehead atoms. The number of piperidine rings is 1. The number of nitrogens with zero attached hydrogens (tertiary/aromatic N) is 2. The molecule has 2 atom stereocenters. The third-order valence-corrected chi connectivity index (χ3v) is 4.25. The number of benzene rings is 1. The minimum Gasteiger partial charge on any atom is -0.366 e. The van der Waals surface area contributed by atoms with Crippen molar-refractivity contribution >= 4 is 24.0 Å². The van der Waals surface area contributed by atoms with Crippen LogP contribution in [-0.4, -0.2) is 34.9 Å². The van der Waals surface area contributed by atoms with Crippen molar-refractivity contribution in [3.63, 3.8) is 0 Å². The van der Waals surface area contributed by atoms with Crippen molar-refractivity contribution in [3.05, 3.63) is 39.4 Å². The fourth-order valence-electron chi connectivity index (χ4n) is 2.93. The van der Waals surface area contributed by atoms with E-state index in [-0.39, 0.29) is 29.7 Å². The minimum atomic E-state index is -0.662. The number of nitro benzene ring substituents is 1. The molecule has 0 aromatic heterocycles. The summed E-state index contributed by atoms with van der Waals surface area (Å²) in [4.78, 5) is 24.1. The Morgan fingerprint density at radius 2 is 2.22 bits per heavy atom. The fourth-order valence-corrected chi connectivity index (χ4v) is 2.93. The lowest BCUT2D eigenvalue weighted by atomic mass is 9.92. The Bertz CT molecular complexity index is 580. The topological polar surface area (TPSA) is 115 Å². The fraction of sp³-hybridized carbons (Fsp3) is 0.533. The van der Waals surface area contributed by atoms with E-state index in [0.717, 1.165) is 25.9 Å². The highest BCUT2D eigenvalue weighted by Gasteiger charge is 2.25. The molecule has 1 aromatic carbocycles. The Hall–Kier alpha value is -1.70. The van der Waals surface area contributed by atoms with Crippen molar-refractivity contribution in [1.82, 2.24) is 4.90 Å². The predicted octanol–water partition coefficient (Wildman–Crippen LogP) is 1.67. The lowest BCUT2D eigenvalue weighted by Crippen LogP contribution is -2.42. The van der Waals surface area contributed by atoms with Gasteiger partial charge in [0.15, 0.2) is 0 Å². The third-order valence-electron chi connectivity index (χ3n) is 4.25. The van der Waals surface area contributed by atoms with Crippen LogP contribution in [0.2, 0.25) is 0 Å². The van der Waals surface area contributed by atoms with Gasteiger partial charge in [-0.25, -0.2) is 0 Å². The van der Waals surface area contributed by atoms with Crippen LogP contribution in [0, 0.1) is 16.0 Å². The molecule has 1 aliphatic heterocycles. The second kappa shape index (κ2) is 8.24. The molecule has 1 fully saturated rings. The summed E-state index contributed by atoms with van der Waals surface area (Å²) in [5, 5.41) is 11.2. The zero-order valence-corrected chi connectivity index (χ0v) is 13.9. The van der Waals surface area contributed by atoms with Gasteiger partial charge in [0.1, 0.15) is 0 Å². The largest absolute Gasteiger partial charge is 0.366 e. The summed E-state index contributed by atoms with van der Waals surface area (Å²) in [7, 11) is 0. The van der Waals surface area contributed by atoms with Crippen LogP contribution in [-0.2, 0) is 6.54 Å². The van der Waals surface area contributed by atoms with E-state index in [4.69, 9.17) is 11.5 Å². The highest BCUT2D eigenvalue weighted by atomic mass is 35.5. The van der Waals surface area contributed by atoms with Crippen LogP contribution in [0.15, 0.2) is 18.2 Å². The van der Waals surface area contributed by atoms with Gasteiger partial charge >= 0.3 is 0 Å². The molecule has 1 saturated heterocycles. The Kier molecular flexibility index (Phi) is 6.93. The molecule has 0 saturated carbocycles. The van der Waals surface area contributed by atoms with E-state index in [9.17, 15) is 14.9 Å². The lowest BCUT2D eigenvalue weighted by Gasteiger charge is -2.34. The van der Waals surface area contributed by atoms with Gasteiger partial charge in [0.25, 0.3) is 5.69 Å². The summed E-state index contributed by atoms with van der Waals surface area (Å²) in [6, 6.07) is 4.53. The second-order valence-electron chi connectivity index (χ2n) is 5.96. The van der Waals surface area contributed by atoms with Crippen molar-refractivity contribution in [2.24, 2.45) is 17.4 Å². The Morgan fingerprint density at radius 3 is 2.78 bits per heavy atom. The molecule has 4 N–H and O–H groups in total. The predicted molar refractivity (Wildman–Crippen MR) is 90.5 cm³/mol. The van der Waals surface area contributed by atoms with Crippen molar-refractivity contribution in [2.75, 3.05) is 13.1 Å². The molecule has 1 aliphatic rings. The quantitative estimate of drug-likeness (QED) is 0.623. The van der Waals surface area contributed by atoms with Gasteiger partial charge in [-0.2, -0.15) is 0 Å². The number of rotatable bonds is 5. The first-order chi connectivity index (χ1) is 10.4. The Morgan fingerprint density at radius 1 is 1.52 bits per heavy atom. The molecular weight excluding hydrogens is 320 g/mol. The number of hydrogen-bond acceptors (Lipinski definition) is 5. The van der Waals surface area contributed by atoms with Crippen LogP contribution in [0.1, 0.15) is 35.7 Å². The maximum Gasteiger partial charge on any atom is 0.274 e. The van der Waals surface area contributed by atoms with Crippen LogP contribution < -0.4 is 11.5 Å². The van der Waals surface area contributed by atoms with E-state index < -0.39 is 10.8 Å². The van der Waals surface area contributed by atoms with E-state index in [1.165, 1.54) is 12.1 Å². The van der Waals surface area contributed by atoms with Crippen molar-refractivity contribution in [3.8, 4) is 0 Å². The first-order valence-corrected chi connectivity index (χ1v) is 7.43. The number of carbonyl (C=O) groups excluding carboxylic acids is 1. The molecule has 1 amide bonds. The molecule has 8 heteroatoms. The molecule has 1 heterocycles. The molecule has 23 heavy (non-hydrogen) atoms. The van der Waals surface area contributed by atoms with Gasteiger partial charge in [-0.05, 0) is 38.3 Å². The number of likely N-dealkylation sites (tertiary alicyclic amines) is 1. The number of amides is 1. The molecular formula is C15H23ClN4O3. The third kappa shape index (κ3) is 4.89. The number of hydrogen-bond donors (Lipinski definition) is 2. The van der Waals surface area contributed by atoms with Crippen LogP contribution in [0.4, 0.5) is 5.69 Å². The van der Waals surface area contributed by atoms with Crippen LogP contribution >= 0.6 is 12.4 Å². The van der Waals surface area contributed by atoms with E-state index in [2.05, 4.69) is 4.90 Å². The summed E-state index contributed by atoms with van der Waals surface area (Å²) in [5.74, 6) is -0.248. The maximum atomic E-state index is 11.2. The molecule has 128 valence electrons. The van der Waals surface area contributed by atoms with Gasteiger partial charge in [-0.3, -0.25) is 19.8 Å². The summed E-state index contributed by atoms with van der Waals surface area (Å²) in [6.45, 7) is 4.22. The number of nitro groups is 1. The SMILES string of the molecule is CC(N)C1CCCN(Cc2ccc(C(N)=O)cc2[N+](=O)[O-])C1.Cl. The zero-order chi connectivity index (χ0) is 16.3. The van der Waals surface area contributed by atoms with Crippen molar-refractivity contribution < 1.29 is 9.72 Å². The van der Waals surface area contributed by atoms with Gasteiger partial charge < -0.3 is 11.5 Å². The number of carbonyl (C=O) groups is 1. The van der Waals surface area contributed by atoms with Gasteiger partial charge in [-0.15, -0.1) is 12.4 Å². The first-order valence-electron chi connectivity index (χ1n) is 7.43. The van der Waals surface area contributed by atoms with Crippen molar-refractivity contribution in [1.29, 1.82) is 0 Å². The van der Waals surface area contributed by atoms with Crippen molar-refractivity contribution in [2.45, 2.75) is 32.4 Å². The van der Waals surface area contributed by atoms with Gasteiger partial charge in [-0.1, -0.05) is 6.07 Å². The normalized spacial score (nSPS) is 19.7. The standard InChI is InChI=1S/C15H22N4O3.ClH/c1-10(16)12-3-2-6-18(8-12)9-13-5-4-11(15(17)20)7-14(13)19(21)22;/h4-5,7,10,12H,2-3,6,8-9,16H2,1H3,(H2,17,20);1H. The zero-order valence-electron chi connectivity index (χ0n) is 13.1. The summed E-state index contributed by atoms with van der Waals surface area (Å²) in [5.41, 5.74) is 11.8. The smallest absolute Gasteiger partial charge is 0.274 e. The van der Waals surface area contributed by atoms with Gasteiger partial charge in [0, 0.05) is 36.3 Å². The minimum absolute atomic E-state index is 0. The van der Waals surface area contributed by atoms with E-state index in [0.29, 0.717) is 18.0 Å². The Labute approximate surface area is 141 Å². The van der Waals surface area contributed by atoms with E-state index >= 15 is 0 Å². The van der Waals surface area contributed by atoms with E-state index in [1.54, 1.807) is 6.07 Å². The molecule has 7 nitrogen and oxygen atoms in total. The average molecular weight is 343 g/mol. The molecule has 1 aromatic rings. The summed E-state index contributed by atoms with van der Waals surface area (Å²) < 4.78 is 0. The van der Waals surface area contributed by atoms with Gasteiger partial charge in [0.2, 0.25) is 5.91 Å². The summed E-state index contributed by atoms with van der Waals surface area (Å²) >= 11 is 0. The molecule has 0 radical (unpaired) electrons. The number of nitrogens with two attached hydrogens (primary N) is 2. The highest BCUT2D eigenvalue weighted by molar-refractivity contribution is 5.93. The second-order valence-corrected chi connectivity index (χ2v) is 5.96. The number of primary amides is 1. The molecule has 2 rings (SSSR count). The average Bonchev–Trinajstić information content (AvgIpc) is 2.47. The molecule has 2 unspecified atom stereocenters. The van der Waals surface area contributed by atoms with E-state index in [1.807, 2.05) is 6.92 Å². The van der Waals surface area contributed by atoms with Gasteiger partial charge in [0.05, 0.1) is 4.92 Å². The van der Waals surface area contributed by atoms with Crippen LogP contribution in [0.5, 0.6) is 0 Å². The first kappa shape index (κ1) is 19.3. The van der Waals surface area contributed by atoms with Crippen LogP contribution in [0.3, 0.4) is 0 Å². The summed E-state index contributed by atoms with van der Waals surface area (Å²) in [6.07, 6.45) is 2.14.